The van der Waals surface area contributed by atoms with Gasteiger partial charge in [0.2, 0.25) is 5.95 Å². The van der Waals surface area contributed by atoms with Crippen LogP contribution in [0.2, 0.25) is 0 Å². The molecule has 0 spiro atoms. The maximum Gasteiger partial charge on any atom is 0.223 e. The Hall–Kier alpha value is -1.94. The average molecular weight is 243 g/mol. The fourth-order valence-corrected chi connectivity index (χ4v) is 1.87. The number of aromatic nitrogens is 2. The molecule has 0 amide bonds. The van der Waals surface area contributed by atoms with Crippen LogP contribution in [-0.4, -0.2) is 21.7 Å². The van der Waals surface area contributed by atoms with Crippen molar-refractivity contribution in [2.24, 2.45) is 0 Å². The Morgan fingerprint density at radius 3 is 2.28 bits per heavy atom. The Labute approximate surface area is 107 Å². The predicted molar refractivity (Wildman–Crippen MR) is 71.4 cm³/mol. The first-order valence-electron chi connectivity index (χ1n) is 5.93. The molecule has 18 heavy (non-hydrogen) atoms. The zero-order valence-electron chi connectivity index (χ0n) is 10.6. The minimum Gasteiger partial charge on any atom is -0.394 e. The van der Waals surface area contributed by atoms with Crippen molar-refractivity contribution in [3.63, 3.8) is 0 Å². The number of nitrogens with zero attached hydrogens (tertiary/aromatic N) is 2. The molecule has 2 aromatic rings. The normalized spacial score (nSPS) is 12.2. The molecule has 4 nitrogen and oxygen atoms in total. The third-order valence-electron chi connectivity index (χ3n) is 2.67. The summed E-state index contributed by atoms with van der Waals surface area (Å²) in [6.07, 6.45) is 0. The van der Waals surface area contributed by atoms with Gasteiger partial charge in [0, 0.05) is 11.4 Å². The minimum atomic E-state index is -0.188. The molecule has 0 aliphatic rings. The van der Waals surface area contributed by atoms with Crippen molar-refractivity contribution in [3.8, 4) is 0 Å². The monoisotopic (exact) mass is 243 g/mol. The number of rotatable bonds is 4. The second kappa shape index (κ2) is 5.60. The highest BCUT2D eigenvalue weighted by molar-refractivity contribution is 5.33. The zero-order chi connectivity index (χ0) is 13.0. The van der Waals surface area contributed by atoms with Gasteiger partial charge in [-0.25, -0.2) is 9.97 Å². The fraction of sp³-hybridized carbons (Fsp3) is 0.286. The lowest BCUT2D eigenvalue weighted by Gasteiger charge is -2.17. The highest BCUT2D eigenvalue weighted by Gasteiger charge is 2.11. The standard InChI is InChI=1S/C14H17N3O/c1-10-8-11(2)16-14(15-10)17-13(9-18)12-6-4-3-5-7-12/h3-8,13,18H,9H2,1-2H3,(H,15,16,17). The number of nitrogens with one attached hydrogen (secondary N) is 1. The van der Waals surface area contributed by atoms with E-state index in [1.54, 1.807) is 0 Å². The van der Waals surface area contributed by atoms with Crippen molar-refractivity contribution in [2.45, 2.75) is 19.9 Å². The van der Waals surface area contributed by atoms with E-state index >= 15 is 0 Å². The molecule has 0 bridgehead atoms. The number of benzene rings is 1. The van der Waals surface area contributed by atoms with Crippen LogP contribution in [0.15, 0.2) is 36.4 Å². The number of aliphatic hydroxyl groups excluding tert-OH is 1. The van der Waals surface area contributed by atoms with Gasteiger partial charge in [0.05, 0.1) is 12.6 Å². The molecule has 1 heterocycles. The third kappa shape index (κ3) is 3.05. The lowest BCUT2D eigenvalue weighted by molar-refractivity contribution is 0.276. The van der Waals surface area contributed by atoms with Crippen LogP contribution in [0.3, 0.4) is 0 Å². The summed E-state index contributed by atoms with van der Waals surface area (Å²) in [6.45, 7) is 3.85. The van der Waals surface area contributed by atoms with Crippen molar-refractivity contribution in [1.82, 2.24) is 9.97 Å². The largest absolute Gasteiger partial charge is 0.394 e. The number of anilines is 1. The second-order valence-electron chi connectivity index (χ2n) is 4.26. The number of aryl methyl sites for hydroxylation is 2. The van der Waals surface area contributed by atoms with Crippen molar-refractivity contribution >= 4 is 5.95 Å². The molecule has 1 atom stereocenters. The van der Waals surface area contributed by atoms with Gasteiger partial charge in [-0.1, -0.05) is 30.3 Å². The highest BCUT2D eigenvalue weighted by atomic mass is 16.3. The van der Waals surface area contributed by atoms with Crippen molar-refractivity contribution in [3.05, 3.63) is 53.3 Å². The molecule has 0 radical (unpaired) electrons. The summed E-state index contributed by atoms with van der Waals surface area (Å²) in [5.74, 6) is 0.551. The Kier molecular flexibility index (Phi) is 3.89. The SMILES string of the molecule is Cc1cc(C)nc(NC(CO)c2ccccc2)n1. The summed E-state index contributed by atoms with van der Waals surface area (Å²) < 4.78 is 0. The maximum absolute atomic E-state index is 9.46. The van der Waals surface area contributed by atoms with Crippen LogP contribution in [0.1, 0.15) is 23.0 Å². The smallest absolute Gasteiger partial charge is 0.223 e. The van der Waals surface area contributed by atoms with E-state index in [0.717, 1.165) is 17.0 Å². The van der Waals surface area contributed by atoms with Gasteiger partial charge in [-0.05, 0) is 25.5 Å². The average Bonchev–Trinajstić information content (AvgIpc) is 2.36. The van der Waals surface area contributed by atoms with Crippen LogP contribution in [0, 0.1) is 13.8 Å². The molecule has 0 aliphatic heterocycles. The van der Waals surface area contributed by atoms with Gasteiger partial charge in [0.1, 0.15) is 0 Å². The Morgan fingerprint density at radius 1 is 1.11 bits per heavy atom. The van der Waals surface area contributed by atoms with Crippen LogP contribution in [0.4, 0.5) is 5.95 Å². The molecule has 1 aromatic carbocycles. The van der Waals surface area contributed by atoms with E-state index in [-0.39, 0.29) is 12.6 Å². The van der Waals surface area contributed by atoms with E-state index in [1.165, 1.54) is 0 Å². The van der Waals surface area contributed by atoms with Gasteiger partial charge in [0.15, 0.2) is 0 Å². The quantitative estimate of drug-likeness (QED) is 0.864. The van der Waals surface area contributed by atoms with Gasteiger partial charge in [-0.3, -0.25) is 0 Å². The van der Waals surface area contributed by atoms with Crippen LogP contribution < -0.4 is 5.32 Å². The topological polar surface area (TPSA) is 58.0 Å². The van der Waals surface area contributed by atoms with Crippen LogP contribution in [0.5, 0.6) is 0 Å². The fourth-order valence-electron chi connectivity index (χ4n) is 1.87. The van der Waals surface area contributed by atoms with Gasteiger partial charge in [-0.15, -0.1) is 0 Å². The summed E-state index contributed by atoms with van der Waals surface area (Å²) >= 11 is 0. The van der Waals surface area contributed by atoms with E-state index in [1.807, 2.05) is 50.2 Å². The zero-order valence-corrected chi connectivity index (χ0v) is 10.6. The van der Waals surface area contributed by atoms with Crippen molar-refractivity contribution in [1.29, 1.82) is 0 Å². The molecule has 0 saturated carbocycles. The van der Waals surface area contributed by atoms with Crippen LogP contribution in [-0.2, 0) is 0 Å². The molecule has 4 heteroatoms. The highest BCUT2D eigenvalue weighted by Crippen LogP contribution is 2.16. The molecular weight excluding hydrogens is 226 g/mol. The molecule has 0 aliphatic carbocycles. The number of hydrogen-bond acceptors (Lipinski definition) is 4. The van der Waals surface area contributed by atoms with Gasteiger partial charge in [-0.2, -0.15) is 0 Å². The minimum absolute atomic E-state index is 0.000360. The van der Waals surface area contributed by atoms with Gasteiger partial charge >= 0.3 is 0 Å². The summed E-state index contributed by atoms with van der Waals surface area (Å²) in [7, 11) is 0. The molecular formula is C14H17N3O. The summed E-state index contributed by atoms with van der Waals surface area (Å²) in [5, 5.41) is 12.6. The first kappa shape index (κ1) is 12.5. The number of aliphatic hydroxyl groups is 1. The Balaban J connectivity index is 2.20. The summed E-state index contributed by atoms with van der Waals surface area (Å²) in [4.78, 5) is 8.63. The van der Waals surface area contributed by atoms with Gasteiger partial charge in [0.25, 0.3) is 0 Å². The molecule has 0 saturated heterocycles. The second-order valence-corrected chi connectivity index (χ2v) is 4.26. The summed E-state index contributed by atoms with van der Waals surface area (Å²) in [5.41, 5.74) is 2.84. The Morgan fingerprint density at radius 2 is 1.72 bits per heavy atom. The third-order valence-corrected chi connectivity index (χ3v) is 2.67. The lowest BCUT2D eigenvalue weighted by atomic mass is 10.1. The molecule has 2 rings (SSSR count). The van der Waals surface area contributed by atoms with Crippen LogP contribution >= 0.6 is 0 Å². The number of hydrogen-bond donors (Lipinski definition) is 2. The molecule has 1 aromatic heterocycles. The van der Waals surface area contributed by atoms with Crippen molar-refractivity contribution < 1.29 is 5.11 Å². The molecule has 0 fully saturated rings. The van der Waals surface area contributed by atoms with E-state index in [9.17, 15) is 5.11 Å². The maximum atomic E-state index is 9.46. The lowest BCUT2D eigenvalue weighted by Crippen LogP contribution is -2.17. The molecule has 94 valence electrons. The van der Waals surface area contributed by atoms with E-state index < -0.39 is 0 Å². The molecule has 1 unspecified atom stereocenters. The van der Waals surface area contributed by atoms with E-state index in [2.05, 4.69) is 15.3 Å². The first-order chi connectivity index (χ1) is 8.69. The van der Waals surface area contributed by atoms with Crippen LogP contribution in [0.25, 0.3) is 0 Å². The predicted octanol–water partition coefficient (Wildman–Crippen LogP) is 2.24. The van der Waals surface area contributed by atoms with Crippen molar-refractivity contribution in [2.75, 3.05) is 11.9 Å². The summed E-state index contributed by atoms with van der Waals surface area (Å²) in [6, 6.07) is 11.5. The first-order valence-corrected chi connectivity index (χ1v) is 5.93. The van der Waals surface area contributed by atoms with E-state index in [4.69, 9.17) is 0 Å². The van der Waals surface area contributed by atoms with E-state index in [0.29, 0.717) is 5.95 Å². The van der Waals surface area contributed by atoms with Gasteiger partial charge < -0.3 is 10.4 Å². The Bertz CT molecular complexity index is 493. The molecule has 2 N–H and O–H groups in total.